The van der Waals surface area contributed by atoms with Gasteiger partial charge in [0.25, 0.3) is 0 Å². The van der Waals surface area contributed by atoms with Gasteiger partial charge in [-0.25, -0.2) is 0 Å². The first-order valence-electron chi connectivity index (χ1n) is 18.3. The summed E-state index contributed by atoms with van der Waals surface area (Å²) in [6, 6.07) is 9.64. The number of carboxylic acids is 2. The first-order chi connectivity index (χ1) is 27.3. The van der Waals surface area contributed by atoms with Crippen LogP contribution in [0, 0.1) is 48.3 Å². The molecule has 16 nitrogen and oxygen atoms in total. The van der Waals surface area contributed by atoms with Crippen molar-refractivity contribution in [2.75, 3.05) is 82.3 Å². The van der Waals surface area contributed by atoms with E-state index < -0.39 is 48.6 Å². The molecule has 2 atom stereocenters. The molecule has 0 aliphatic rings. The molecule has 0 saturated carbocycles. The van der Waals surface area contributed by atoms with Crippen molar-refractivity contribution in [3.8, 4) is 12.1 Å². The number of nitrogen functional groups attached to an aromatic ring is 2. The largest absolute Gasteiger partial charge is 1.00 e. The molecular formula is C40H53N5Na2O11S. The third kappa shape index (κ3) is 24.4. The molecular weight excluding hydrogens is 805 g/mol. The van der Waals surface area contributed by atoms with Crippen LogP contribution in [0.25, 0.3) is 0 Å². The van der Waals surface area contributed by atoms with Crippen LogP contribution < -0.4 is 85.7 Å². The van der Waals surface area contributed by atoms with E-state index in [9.17, 15) is 29.4 Å². The van der Waals surface area contributed by atoms with E-state index in [-0.39, 0.29) is 105 Å². The van der Waals surface area contributed by atoms with E-state index in [0.717, 1.165) is 22.6 Å². The molecule has 0 fully saturated rings. The van der Waals surface area contributed by atoms with E-state index in [0.29, 0.717) is 59.6 Å². The Hall–Kier alpha value is -3.46. The van der Waals surface area contributed by atoms with Gasteiger partial charge in [-0.15, -0.1) is 11.3 Å². The SMILES string of the molecule is C/C=C/CC(CC(=O)[O-])C(=O)OCCOCCOCCN(CCOCCOC(=O)C(C/C=C/C)CC(=O)[O-])c1ccc(N)c(C)c1.Cc1c(C#N)sc(N)c1C#N.[Na+].[Na+]. The molecule has 0 spiro atoms. The van der Waals surface area contributed by atoms with Gasteiger partial charge in [0.15, 0.2) is 0 Å². The minimum Gasteiger partial charge on any atom is -0.550 e. The van der Waals surface area contributed by atoms with Gasteiger partial charge in [-0.2, -0.15) is 10.5 Å². The summed E-state index contributed by atoms with van der Waals surface area (Å²) >= 11 is 1.16. The molecule has 2 rings (SSSR count). The number of carboxylic acid groups (broad SMARTS) is 2. The number of aryl methyl sites for hydroxylation is 1. The number of aliphatic carboxylic acids is 2. The van der Waals surface area contributed by atoms with Crippen molar-refractivity contribution < 1.29 is 112 Å². The second-order valence-electron chi connectivity index (χ2n) is 12.4. The Bertz CT molecular complexity index is 1730. The Morgan fingerprint density at radius 3 is 1.59 bits per heavy atom. The number of nitrogens with two attached hydrogens (primary N) is 2. The first kappa shape index (κ1) is 57.6. The van der Waals surface area contributed by atoms with Gasteiger partial charge in [-0.05, 0) is 69.9 Å². The average Bonchev–Trinajstić information content (AvgIpc) is 3.46. The van der Waals surface area contributed by atoms with E-state index >= 15 is 0 Å². The number of thiophene rings is 1. The van der Waals surface area contributed by atoms with Crippen LogP contribution in [0.2, 0.25) is 0 Å². The molecule has 59 heavy (non-hydrogen) atoms. The third-order valence-electron chi connectivity index (χ3n) is 8.14. The molecule has 2 unspecified atom stereocenters. The van der Waals surface area contributed by atoms with Gasteiger partial charge < -0.3 is 59.9 Å². The summed E-state index contributed by atoms with van der Waals surface area (Å²) in [6.45, 7) is 9.88. The van der Waals surface area contributed by atoms with E-state index in [1.165, 1.54) is 0 Å². The Balaban J connectivity index is 0. The molecule has 1 heterocycles. The Kier molecular flexibility index (Phi) is 33.5. The van der Waals surface area contributed by atoms with Crippen LogP contribution in [0.5, 0.6) is 0 Å². The monoisotopic (exact) mass is 857 g/mol. The van der Waals surface area contributed by atoms with Gasteiger partial charge in [-0.1, -0.05) is 24.3 Å². The summed E-state index contributed by atoms with van der Waals surface area (Å²) in [7, 11) is 0. The van der Waals surface area contributed by atoms with Crippen molar-refractivity contribution in [3.05, 3.63) is 64.1 Å². The van der Waals surface area contributed by atoms with Crippen molar-refractivity contribution >= 4 is 51.6 Å². The van der Waals surface area contributed by atoms with Gasteiger partial charge in [0.2, 0.25) is 0 Å². The molecule has 0 bridgehead atoms. The zero-order valence-electron chi connectivity index (χ0n) is 35.0. The number of hydrogen-bond donors (Lipinski definition) is 2. The standard InChI is InChI=1S/C33H50N2O11.C7H5N3S.2Na/c1-4-6-8-26(23-30(36)37)32(40)45-20-18-43-15-13-35(28-10-11-29(34)25(3)22-28)12-14-42-16-17-44-19-21-46-33(41)27(9-7-5-2)24-31(38)39;1-4-5(2-8)7(10)11-6(4)3-9;;/h4-7,10-11,22,26-27H,8-9,12-21,23-24,34H2,1-3H3,(H,36,37)(H,38,39);10H2,1H3;;/q;;2*+1/p-2/b6-4+,7-5+;;;. The maximum atomic E-state index is 12.2. The summed E-state index contributed by atoms with van der Waals surface area (Å²) in [5.74, 6) is -5.42. The predicted octanol–water partition coefficient (Wildman–Crippen LogP) is -3.65. The van der Waals surface area contributed by atoms with Crippen LogP contribution >= 0.6 is 11.3 Å². The molecule has 0 aliphatic heterocycles. The number of rotatable bonds is 26. The van der Waals surface area contributed by atoms with Crippen molar-refractivity contribution in [2.24, 2.45) is 11.8 Å². The molecule has 19 heteroatoms. The minimum atomic E-state index is -1.31. The second kappa shape index (κ2) is 34.3. The fourth-order valence-electron chi connectivity index (χ4n) is 4.95. The number of nitriles is 2. The van der Waals surface area contributed by atoms with Crippen LogP contribution in [0.4, 0.5) is 16.4 Å². The second-order valence-corrected chi connectivity index (χ2v) is 13.4. The van der Waals surface area contributed by atoms with E-state index in [2.05, 4.69) is 4.90 Å². The first-order valence-corrected chi connectivity index (χ1v) is 19.1. The fourth-order valence-corrected chi connectivity index (χ4v) is 5.77. The maximum absolute atomic E-state index is 12.2. The fraction of sp³-hybridized carbons (Fsp3) is 0.500. The summed E-state index contributed by atoms with van der Waals surface area (Å²) in [4.78, 5) is 48.8. The van der Waals surface area contributed by atoms with Gasteiger partial charge in [-0.3, -0.25) is 9.59 Å². The van der Waals surface area contributed by atoms with Gasteiger partial charge in [0.05, 0.1) is 57.0 Å². The zero-order valence-corrected chi connectivity index (χ0v) is 39.8. The predicted molar refractivity (Wildman–Crippen MR) is 210 cm³/mol. The summed E-state index contributed by atoms with van der Waals surface area (Å²) < 4.78 is 27.2. The summed E-state index contributed by atoms with van der Waals surface area (Å²) in [5, 5.41) is 39.4. The molecule has 1 aromatic carbocycles. The van der Waals surface area contributed by atoms with Crippen LogP contribution in [-0.2, 0) is 42.9 Å². The quantitative estimate of drug-likeness (QED) is 0.0304. The number of nitrogens with zero attached hydrogens (tertiary/aromatic N) is 3. The third-order valence-corrected chi connectivity index (χ3v) is 9.16. The van der Waals surface area contributed by atoms with Gasteiger partial charge in [0, 0.05) is 49.2 Å². The van der Waals surface area contributed by atoms with Crippen molar-refractivity contribution in [1.82, 2.24) is 0 Å². The number of ether oxygens (including phenoxy) is 5. The Labute approximate surface area is 395 Å². The number of hydrogen-bond acceptors (Lipinski definition) is 17. The molecule has 0 amide bonds. The molecule has 0 radical (unpaired) electrons. The molecule has 2 aromatic rings. The van der Waals surface area contributed by atoms with Crippen molar-refractivity contribution in [3.63, 3.8) is 0 Å². The van der Waals surface area contributed by atoms with E-state index in [1.807, 2.05) is 37.3 Å². The topological polar surface area (TPSA) is 263 Å². The number of anilines is 3. The number of carbonyl (C=O) groups excluding carboxylic acids is 4. The number of esters is 2. The number of allylic oxidation sites excluding steroid dienone is 4. The van der Waals surface area contributed by atoms with Crippen LogP contribution in [0.1, 0.15) is 61.1 Å². The van der Waals surface area contributed by atoms with E-state index in [1.54, 1.807) is 45.1 Å². The van der Waals surface area contributed by atoms with Crippen LogP contribution in [0.15, 0.2) is 42.5 Å². The summed E-state index contributed by atoms with van der Waals surface area (Å²) in [6.07, 6.45) is 6.60. The number of benzene rings is 1. The normalized spacial score (nSPS) is 11.5. The molecule has 1 aromatic heterocycles. The zero-order chi connectivity index (χ0) is 42.6. The van der Waals surface area contributed by atoms with Gasteiger partial charge in [0.1, 0.15) is 35.2 Å². The molecule has 0 aliphatic carbocycles. The van der Waals surface area contributed by atoms with Crippen LogP contribution in [-0.4, -0.2) is 89.8 Å². The Morgan fingerprint density at radius 1 is 0.763 bits per heavy atom. The minimum absolute atomic E-state index is 0. The van der Waals surface area contributed by atoms with Crippen molar-refractivity contribution in [2.45, 2.75) is 53.4 Å². The maximum Gasteiger partial charge on any atom is 1.00 e. The van der Waals surface area contributed by atoms with Crippen molar-refractivity contribution in [1.29, 1.82) is 10.5 Å². The smallest absolute Gasteiger partial charge is 0.550 e. The molecule has 4 N–H and O–H groups in total. The average molecular weight is 858 g/mol. The van der Waals surface area contributed by atoms with E-state index in [4.69, 9.17) is 45.7 Å². The summed E-state index contributed by atoms with van der Waals surface area (Å²) in [5.41, 5.74) is 15.1. The molecule has 0 saturated heterocycles. The molecule has 312 valence electrons. The van der Waals surface area contributed by atoms with Gasteiger partial charge >= 0.3 is 71.1 Å². The van der Waals surface area contributed by atoms with Crippen LogP contribution in [0.3, 0.4) is 0 Å². The number of carbonyl (C=O) groups is 4. The Morgan fingerprint density at radius 2 is 1.22 bits per heavy atom.